The molecular formula is C3H6F3N4+. The van der Waals surface area contributed by atoms with E-state index in [9.17, 15) is 13.2 Å². The summed E-state index contributed by atoms with van der Waals surface area (Å²) >= 11 is 0. The number of hydrogen-bond acceptors (Lipinski definition) is 2. The molecule has 0 heterocycles. The number of rotatable bonds is 1. The van der Waals surface area contributed by atoms with Crippen LogP contribution in [0.5, 0.6) is 0 Å². The number of azo groups is 1. The smallest absolute Gasteiger partial charge is 0.266 e. The predicted molar refractivity (Wildman–Crippen MR) is 27.3 cm³/mol. The molecule has 0 aromatic heterocycles. The maximum atomic E-state index is 11.4. The van der Waals surface area contributed by atoms with Crippen molar-refractivity contribution in [2.45, 2.75) is 6.30 Å². The van der Waals surface area contributed by atoms with Crippen LogP contribution in [0.2, 0.25) is 0 Å². The second kappa shape index (κ2) is 3.14. The maximum Gasteiger partial charge on any atom is 0.585 e. The maximum absolute atomic E-state index is 11.4. The molecule has 0 aromatic carbocycles. The first-order chi connectivity index (χ1) is 4.48. The summed E-state index contributed by atoms with van der Waals surface area (Å²) in [5.74, 6) is 4.44. The van der Waals surface area contributed by atoms with E-state index >= 15 is 0 Å². The lowest BCUT2D eigenvalue weighted by Gasteiger charge is -1.98. The number of halogens is 3. The van der Waals surface area contributed by atoms with Crippen molar-refractivity contribution in [1.29, 1.82) is 0 Å². The molecule has 0 spiro atoms. The summed E-state index contributed by atoms with van der Waals surface area (Å²) in [6, 6.07) is 0. The number of alkyl halides is 3. The molecule has 4 nitrogen and oxygen atoms in total. The normalized spacial score (nSPS) is 14.6. The van der Waals surface area contributed by atoms with Crippen molar-refractivity contribution in [2.24, 2.45) is 16.1 Å². The van der Waals surface area contributed by atoms with E-state index < -0.39 is 11.0 Å². The van der Waals surface area contributed by atoms with Crippen molar-refractivity contribution >= 4 is 6.34 Å². The summed E-state index contributed by atoms with van der Waals surface area (Å²) < 4.78 is 33.8. The minimum absolute atomic E-state index is 0.375. The Morgan fingerprint density at radius 1 is 1.50 bits per heavy atom. The first-order valence-corrected chi connectivity index (χ1v) is 2.21. The summed E-state index contributed by atoms with van der Waals surface area (Å²) in [5.41, 5.74) is 0. The van der Waals surface area contributed by atoms with Crippen molar-refractivity contribution in [1.82, 2.24) is 0 Å². The van der Waals surface area contributed by atoms with E-state index in [0.29, 0.717) is 6.34 Å². The van der Waals surface area contributed by atoms with Crippen LogP contribution in [0.15, 0.2) is 10.2 Å². The minimum Gasteiger partial charge on any atom is -0.266 e. The Balaban J connectivity index is 4.20. The first kappa shape index (κ1) is 8.86. The van der Waals surface area contributed by atoms with Gasteiger partial charge in [0.15, 0.2) is 0 Å². The van der Waals surface area contributed by atoms with Crippen molar-refractivity contribution < 1.29 is 17.9 Å². The Morgan fingerprint density at radius 3 is 2.30 bits per heavy atom. The van der Waals surface area contributed by atoms with Crippen LogP contribution in [-0.2, 0) is 0 Å². The van der Waals surface area contributed by atoms with Gasteiger partial charge in [-0.2, -0.15) is 0 Å². The Morgan fingerprint density at radius 2 is 2.00 bits per heavy atom. The number of hydrazone groups is 1. The number of hydrazine groups is 1. The molecule has 7 heteroatoms. The van der Waals surface area contributed by atoms with Gasteiger partial charge in [-0.1, -0.05) is 9.80 Å². The van der Waals surface area contributed by atoms with E-state index in [1.165, 1.54) is 7.05 Å². The first-order valence-electron chi connectivity index (χ1n) is 2.21. The van der Waals surface area contributed by atoms with Gasteiger partial charge in [0.05, 0.1) is 12.2 Å². The molecule has 0 aromatic rings. The van der Waals surface area contributed by atoms with E-state index in [2.05, 4.69) is 16.1 Å². The average Bonchev–Trinajstić information content (AvgIpc) is 1.80. The third-order valence-corrected chi connectivity index (χ3v) is 0.584. The SMILES string of the molecule is C/N=N\C=[N+](/N)C(F)(F)F. The Hall–Kier alpha value is -1.14. The lowest BCUT2D eigenvalue weighted by atomic mass is 11.1. The zero-order valence-electron chi connectivity index (χ0n) is 5.13. The molecule has 0 fully saturated rings. The Bertz CT molecular complexity index is 158. The van der Waals surface area contributed by atoms with E-state index in [4.69, 9.17) is 0 Å². The van der Waals surface area contributed by atoms with Crippen molar-refractivity contribution in [3.63, 3.8) is 0 Å². The van der Waals surface area contributed by atoms with Crippen molar-refractivity contribution in [2.75, 3.05) is 7.05 Å². The van der Waals surface area contributed by atoms with Gasteiger partial charge in [0.25, 0.3) is 0 Å². The molecule has 0 rings (SSSR count). The molecule has 0 saturated carbocycles. The third kappa shape index (κ3) is 3.00. The standard InChI is InChI=1S/C3H6F3N4/c1-8-9-2-10(7)3(4,5)6/h2H,7H2,1H3/q+1. The zero-order chi connectivity index (χ0) is 8.20. The largest absolute Gasteiger partial charge is 0.585 e. The minimum atomic E-state index is -4.59. The molecule has 0 radical (unpaired) electrons. The van der Waals surface area contributed by atoms with Crippen molar-refractivity contribution in [3.8, 4) is 0 Å². The van der Waals surface area contributed by atoms with Gasteiger partial charge in [-0.15, -0.1) is 13.2 Å². The van der Waals surface area contributed by atoms with Gasteiger partial charge in [0.2, 0.25) is 0 Å². The fraction of sp³-hybridized carbons (Fsp3) is 0.667. The molecule has 0 aliphatic rings. The molecular weight excluding hydrogens is 149 g/mol. The predicted octanol–water partition coefficient (Wildman–Crippen LogP) is 0.503. The highest BCUT2D eigenvalue weighted by Crippen LogP contribution is 2.11. The molecule has 0 aliphatic heterocycles. The third-order valence-electron chi connectivity index (χ3n) is 0.584. The Kier molecular flexibility index (Phi) is 2.78. The van der Waals surface area contributed by atoms with Crippen LogP contribution in [0.25, 0.3) is 0 Å². The lowest BCUT2D eigenvalue weighted by molar-refractivity contribution is -0.719. The fourth-order valence-electron chi connectivity index (χ4n) is 0.173. The molecule has 0 saturated heterocycles. The highest BCUT2D eigenvalue weighted by Gasteiger charge is 2.37. The summed E-state index contributed by atoms with van der Waals surface area (Å²) in [7, 11) is 1.24. The van der Waals surface area contributed by atoms with E-state index in [0.717, 1.165) is 0 Å². The van der Waals surface area contributed by atoms with Crippen LogP contribution in [-0.4, -0.2) is 24.4 Å². The number of nitrogens with zero attached hydrogens (tertiary/aromatic N) is 3. The lowest BCUT2D eigenvalue weighted by Crippen LogP contribution is -2.35. The topological polar surface area (TPSA) is 53.8 Å². The summed E-state index contributed by atoms with van der Waals surface area (Å²) in [4.78, 5) is 0. The number of nitrogens with two attached hydrogens (primary N) is 1. The van der Waals surface area contributed by atoms with Gasteiger partial charge in [0.1, 0.15) is 0 Å². The van der Waals surface area contributed by atoms with E-state index in [1.54, 1.807) is 0 Å². The highest BCUT2D eigenvalue weighted by atomic mass is 19.4. The van der Waals surface area contributed by atoms with Crippen LogP contribution in [0, 0.1) is 0 Å². The van der Waals surface area contributed by atoms with Gasteiger partial charge in [0, 0.05) is 0 Å². The molecule has 2 N–H and O–H groups in total. The Labute approximate surface area is 54.8 Å². The fourth-order valence-corrected chi connectivity index (χ4v) is 0.173. The highest BCUT2D eigenvalue weighted by molar-refractivity contribution is 5.47. The molecule has 0 bridgehead atoms. The van der Waals surface area contributed by atoms with Crippen LogP contribution >= 0.6 is 0 Å². The van der Waals surface area contributed by atoms with E-state index in [-0.39, 0.29) is 0 Å². The quantitative estimate of drug-likeness (QED) is 0.112. The summed E-state index contributed by atoms with van der Waals surface area (Å²) in [6.07, 6.45) is -4.21. The van der Waals surface area contributed by atoms with Gasteiger partial charge < -0.3 is 0 Å². The molecule has 0 aliphatic carbocycles. The van der Waals surface area contributed by atoms with E-state index in [1.807, 2.05) is 0 Å². The van der Waals surface area contributed by atoms with Crippen LogP contribution in [0.1, 0.15) is 0 Å². The van der Waals surface area contributed by atoms with Crippen LogP contribution in [0.4, 0.5) is 13.2 Å². The molecule has 10 heavy (non-hydrogen) atoms. The average molecular weight is 155 g/mol. The summed E-state index contributed by atoms with van der Waals surface area (Å²) in [5, 5.41) is 5.96. The van der Waals surface area contributed by atoms with Gasteiger partial charge in [-0.25, -0.2) is 0 Å². The summed E-state index contributed by atoms with van der Waals surface area (Å²) in [6.45, 7) is 0. The monoisotopic (exact) mass is 155 g/mol. The number of hydrogen-bond donors (Lipinski definition) is 1. The second-order valence-electron chi connectivity index (χ2n) is 1.31. The van der Waals surface area contributed by atoms with Crippen molar-refractivity contribution in [3.05, 3.63) is 0 Å². The molecule has 0 unspecified atom stereocenters. The zero-order valence-corrected chi connectivity index (χ0v) is 5.13. The van der Waals surface area contributed by atoms with Crippen LogP contribution < -0.4 is 5.84 Å². The van der Waals surface area contributed by atoms with Crippen LogP contribution in [0.3, 0.4) is 0 Å². The van der Waals surface area contributed by atoms with Gasteiger partial charge in [-0.3, -0.25) is 5.84 Å². The second-order valence-corrected chi connectivity index (χ2v) is 1.31. The molecule has 0 atom stereocenters. The molecule has 0 amide bonds. The van der Waals surface area contributed by atoms with Gasteiger partial charge >= 0.3 is 12.6 Å². The molecule has 58 valence electrons. The van der Waals surface area contributed by atoms with Gasteiger partial charge in [-0.05, 0) is 0 Å².